The van der Waals surface area contributed by atoms with E-state index >= 15 is 0 Å². The summed E-state index contributed by atoms with van der Waals surface area (Å²) in [5, 5.41) is 5.79. The Kier molecular flexibility index (Phi) is 5.61. The van der Waals surface area contributed by atoms with Crippen molar-refractivity contribution >= 4 is 17.4 Å². The summed E-state index contributed by atoms with van der Waals surface area (Å²) in [6, 6.07) is 0. The normalized spacial score (nSPS) is 15.9. The summed E-state index contributed by atoms with van der Waals surface area (Å²) in [7, 11) is -10.8. The second-order valence-corrected chi connectivity index (χ2v) is 7.13. The molecule has 1 unspecified atom stereocenters. The lowest BCUT2D eigenvalue weighted by Crippen LogP contribution is -2.35. The van der Waals surface area contributed by atoms with E-state index in [-0.39, 0.29) is 13.2 Å². The van der Waals surface area contributed by atoms with Gasteiger partial charge in [-0.05, 0) is 13.8 Å². The van der Waals surface area contributed by atoms with E-state index in [1.165, 1.54) is 13.8 Å². The van der Waals surface area contributed by atoms with Gasteiger partial charge >= 0.3 is 13.1 Å². The first-order valence-electron chi connectivity index (χ1n) is 4.40. The topological polar surface area (TPSA) is 89.9 Å². The maximum Gasteiger partial charge on any atom is 0.500 e. The Morgan fingerprint density at radius 3 is 1.82 bits per heavy atom. The number of alkyl halides is 3. The van der Waals surface area contributed by atoms with Crippen molar-refractivity contribution in [3.8, 4) is 0 Å². The molecule has 0 saturated carbocycles. The van der Waals surface area contributed by atoms with Crippen LogP contribution in [0.1, 0.15) is 13.8 Å². The lowest BCUT2D eigenvalue weighted by molar-refractivity contribution is -0.0465. The Hall–Kier alpha value is -0.150. The molecule has 0 aliphatic rings. The highest BCUT2D eigenvalue weighted by atomic mass is 32.2. The van der Waals surface area contributed by atoms with E-state index in [1.54, 1.807) is 0 Å². The van der Waals surface area contributed by atoms with Crippen LogP contribution in [0.4, 0.5) is 13.2 Å². The summed E-state index contributed by atoms with van der Waals surface area (Å²) < 4.78 is 78.3. The average molecular weight is 300 g/mol. The Morgan fingerprint density at radius 2 is 1.59 bits per heavy atom. The second kappa shape index (κ2) is 5.66. The molecular weight excluding hydrogens is 288 g/mol. The van der Waals surface area contributed by atoms with E-state index in [2.05, 4.69) is 9.05 Å². The fourth-order valence-corrected chi connectivity index (χ4v) is 4.19. The van der Waals surface area contributed by atoms with E-state index in [0.717, 1.165) is 0 Å². The van der Waals surface area contributed by atoms with Crippen LogP contribution in [0.3, 0.4) is 0 Å². The van der Waals surface area contributed by atoms with E-state index in [0.29, 0.717) is 0 Å². The molecule has 1 N–H and O–H groups in total. The van der Waals surface area contributed by atoms with Crippen molar-refractivity contribution in [2.24, 2.45) is 0 Å². The van der Waals surface area contributed by atoms with Gasteiger partial charge in [-0.25, -0.2) is 8.42 Å². The lowest BCUT2D eigenvalue weighted by atomic mass is 10.9. The minimum Gasteiger partial charge on any atom is -0.367 e. The van der Waals surface area contributed by atoms with Crippen molar-refractivity contribution in [2.45, 2.75) is 24.5 Å². The molecule has 0 spiro atoms. The highest BCUT2D eigenvalue weighted by molar-refractivity contribution is 7.99. The molecule has 0 aromatic carbocycles. The Bertz CT molecular complexity index is 381. The Labute approximate surface area is 96.2 Å². The Morgan fingerprint density at radius 1 is 1.24 bits per heavy atom. The number of hydrogen-bond acceptors (Lipinski definition) is 6. The number of hydrogen-bond donors (Lipinski definition) is 1. The predicted molar refractivity (Wildman–Crippen MR) is 51.8 cm³/mol. The summed E-state index contributed by atoms with van der Waals surface area (Å²) in [4.78, 5) is 0. The zero-order chi connectivity index (χ0) is 13.9. The first-order chi connectivity index (χ1) is 7.53. The van der Waals surface area contributed by atoms with Gasteiger partial charge in [-0.2, -0.15) is 13.2 Å². The zero-order valence-electron chi connectivity index (χ0n) is 8.97. The number of halogens is 3. The number of sulfone groups is 1. The molecule has 0 amide bonds. The van der Waals surface area contributed by atoms with E-state index in [4.69, 9.17) is 5.11 Å². The standard InChI is InChI=1S/C6H12F3O6PS/c1-3-14-16(11,15-4-2)5(10)17(12,13)6(7,8)9/h5,10H,3-4H2,1-2H3. The average Bonchev–Trinajstić information content (AvgIpc) is 2.15. The molecule has 0 aromatic heterocycles. The molecule has 1 atom stereocenters. The SMILES string of the molecule is CCOP(=O)(OCC)C(O)S(=O)(=O)C(F)(F)F. The van der Waals surface area contributed by atoms with E-state index < -0.39 is 28.1 Å². The maximum absolute atomic E-state index is 12.1. The molecule has 0 rings (SSSR count). The molecule has 0 fully saturated rings. The third kappa shape index (κ3) is 3.65. The fourth-order valence-electron chi connectivity index (χ4n) is 0.814. The number of aliphatic hydroxyl groups is 1. The van der Waals surface area contributed by atoms with Crippen molar-refractivity contribution in [1.29, 1.82) is 0 Å². The van der Waals surface area contributed by atoms with Crippen molar-refractivity contribution in [3.05, 3.63) is 0 Å². The molecule has 0 heterocycles. The maximum atomic E-state index is 12.1. The van der Waals surface area contributed by atoms with Gasteiger partial charge in [0.2, 0.25) is 0 Å². The molecule has 11 heteroatoms. The van der Waals surface area contributed by atoms with Crippen LogP contribution in [0.15, 0.2) is 0 Å². The lowest BCUT2D eigenvalue weighted by Gasteiger charge is -2.22. The quantitative estimate of drug-likeness (QED) is 0.747. The summed E-state index contributed by atoms with van der Waals surface area (Å²) >= 11 is 0. The predicted octanol–water partition coefficient (Wildman–Crippen LogP) is 1.46. The van der Waals surface area contributed by atoms with Gasteiger partial charge in [0.05, 0.1) is 13.2 Å². The van der Waals surface area contributed by atoms with Gasteiger partial charge in [0.1, 0.15) is 0 Å². The molecule has 0 aliphatic heterocycles. The molecule has 17 heavy (non-hydrogen) atoms. The van der Waals surface area contributed by atoms with Gasteiger partial charge < -0.3 is 14.2 Å². The summed E-state index contributed by atoms with van der Waals surface area (Å²) in [6.45, 7) is 1.78. The molecule has 0 aromatic rings. The minimum absolute atomic E-state index is 0.373. The zero-order valence-corrected chi connectivity index (χ0v) is 10.7. The van der Waals surface area contributed by atoms with Gasteiger partial charge in [0.15, 0.2) is 0 Å². The molecule has 0 bridgehead atoms. The summed E-state index contributed by atoms with van der Waals surface area (Å²) in [6.07, 6.45) is 0. The van der Waals surface area contributed by atoms with Gasteiger partial charge in [-0.1, -0.05) is 0 Å². The molecule has 6 nitrogen and oxygen atoms in total. The first kappa shape index (κ1) is 16.9. The van der Waals surface area contributed by atoms with Gasteiger partial charge in [-0.15, -0.1) is 0 Å². The highest BCUT2D eigenvalue weighted by Crippen LogP contribution is 2.55. The first-order valence-corrected chi connectivity index (χ1v) is 7.55. The summed E-state index contributed by atoms with van der Waals surface area (Å²) in [5.74, 6) is 0. The monoisotopic (exact) mass is 300 g/mol. The largest absolute Gasteiger partial charge is 0.500 e. The third-order valence-corrected chi connectivity index (χ3v) is 6.07. The third-order valence-electron chi connectivity index (χ3n) is 1.49. The molecule has 0 radical (unpaired) electrons. The van der Waals surface area contributed by atoms with Crippen LogP contribution in [0.2, 0.25) is 0 Å². The minimum atomic E-state index is -6.04. The van der Waals surface area contributed by atoms with Crippen molar-refractivity contribution < 1.29 is 40.3 Å². The number of aliphatic hydroxyl groups excluding tert-OH is 1. The summed E-state index contributed by atoms with van der Waals surface area (Å²) in [5.41, 5.74) is -5.74. The van der Waals surface area contributed by atoms with Crippen LogP contribution >= 0.6 is 7.60 Å². The molecular formula is C6H12F3O6PS. The van der Waals surface area contributed by atoms with Crippen LogP contribution in [0, 0.1) is 0 Å². The van der Waals surface area contributed by atoms with Gasteiger partial charge in [0, 0.05) is 0 Å². The number of rotatable bonds is 6. The van der Waals surface area contributed by atoms with Crippen molar-refractivity contribution in [2.75, 3.05) is 13.2 Å². The fraction of sp³-hybridized carbons (Fsp3) is 1.00. The molecule has 104 valence electrons. The smallest absolute Gasteiger partial charge is 0.367 e. The van der Waals surface area contributed by atoms with Crippen LogP contribution < -0.4 is 0 Å². The van der Waals surface area contributed by atoms with Crippen LogP contribution in [-0.2, 0) is 23.4 Å². The molecule has 0 aliphatic carbocycles. The van der Waals surface area contributed by atoms with Crippen LogP contribution in [0.25, 0.3) is 0 Å². The molecule has 0 saturated heterocycles. The van der Waals surface area contributed by atoms with Gasteiger partial charge in [0.25, 0.3) is 15.0 Å². The van der Waals surface area contributed by atoms with Gasteiger partial charge in [-0.3, -0.25) is 4.57 Å². The van der Waals surface area contributed by atoms with E-state index in [1.807, 2.05) is 0 Å². The Balaban J connectivity index is 5.39. The van der Waals surface area contributed by atoms with Crippen LogP contribution in [0.5, 0.6) is 0 Å². The van der Waals surface area contributed by atoms with Crippen molar-refractivity contribution in [3.63, 3.8) is 0 Å². The van der Waals surface area contributed by atoms with Crippen LogP contribution in [-0.4, -0.2) is 37.4 Å². The second-order valence-electron chi connectivity index (χ2n) is 2.69. The highest BCUT2D eigenvalue weighted by Gasteiger charge is 2.58. The van der Waals surface area contributed by atoms with Crippen molar-refractivity contribution in [1.82, 2.24) is 0 Å². The van der Waals surface area contributed by atoms with E-state index in [9.17, 15) is 26.2 Å².